The van der Waals surface area contributed by atoms with Crippen molar-refractivity contribution in [1.82, 2.24) is 19.9 Å². The normalized spacial score (nSPS) is 10.5. The Kier molecular flexibility index (Phi) is 3.95. The molecule has 0 amide bonds. The second kappa shape index (κ2) is 6.55. The Morgan fingerprint density at radius 2 is 1.79 bits per heavy atom. The van der Waals surface area contributed by atoms with Gasteiger partial charge in [0.15, 0.2) is 5.82 Å². The summed E-state index contributed by atoms with van der Waals surface area (Å²) in [5.41, 5.74) is 3.77. The zero-order valence-corrected chi connectivity index (χ0v) is 13.4. The molecule has 0 radical (unpaired) electrons. The highest BCUT2D eigenvalue weighted by Crippen LogP contribution is 2.23. The number of anilines is 2. The molecule has 4 heterocycles. The molecular weight excluding hydrogens is 318 g/mol. The van der Waals surface area contributed by atoms with E-state index in [1.165, 1.54) is 5.56 Å². The molecule has 0 aliphatic carbocycles. The molecule has 0 aromatic carbocycles. The molecule has 0 aliphatic rings. The second-order valence-electron chi connectivity index (χ2n) is 5.07. The molecule has 4 rings (SSSR count). The lowest BCUT2D eigenvalue weighted by Gasteiger charge is -2.06. The molecule has 4 aromatic rings. The van der Waals surface area contributed by atoms with E-state index in [4.69, 9.17) is 0 Å². The van der Waals surface area contributed by atoms with Gasteiger partial charge in [-0.2, -0.15) is 11.3 Å². The summed E-state index contributed by atoms with van der Waals surface area (Å²) in [6, 6.07) is 11.8. The van der Waals surface area contributed by atoms with Crippen LogP contribution in [0.2, 0.25) is 0 Å². The Labute approximate surface area is 143 Å². The van der Waals surface area contributed by atoms with Crippen molar-refractivity contribution in [2.75, 3.05) is 5.32 Å². The first-order chi connectivity index (χ1) is 11.9. The van der Waals surface area contributed by atoms with E-state index >= 15 is 0 Å². The highest BCUT2D eigenvalue weighted by Gasteiger charge is 2.04. The number of thiophene rings is 1. The maximum absolute atomic E-state index is 4.54. The molecule has 5 nitrogen and oxygen atoms in total. The number of hydrogen-bond donors (Lipinski definition) is 1. The van der Waals surface area contributed by atoms with Crippen LogP contribution in [-0.4, -0.2) is 19.9 Å². The van der Waals surface area contributed by atoms with Crippen molar-refractivity contribution in [2.45, 2.75) is 0 Å². The van der Waals surface area contributed by atoms with Gasteiger partial charge in [0.25, 0.3) is 0 Å². The molecule has 4 aromatic heterocycles. The van der Waals surface area contributed by atoms with Gasteiger partial charge in [-0.15, -0.1) is 0 Å². The van der Waals surface area contributed by atoms with Crippen LogP contribution in [0.25, 0.3) is 22.5 Å². The summed E-state index contributed by atoms with van der Waals surface area (Å²) in [6.45, 7) is 0. The Hall–Kier alpha value is -3.12. The van der Waals surface area contributed by atoms with Gasteiger partial charge in [-0.3, -0.25) is 9.97 Å². The van der Waals surface area contributed by atoms with Crippen LogP contribution in [-0.2, 0) is 0 Å². The molecule has 0 aliphatic heterocycles. The van der Waals surface area contributed by atoms with Gasteiger partial charge in [0.05, 0.1) is 18.1 Å². The lowest BCUT2D eigenvalue weighted by molar-refractivity contribution is 1.16. The van der Waals surface area contributed by atoms with Gasteiger partial charge in [-0.1, -0.05) is 6.07 Å². The topological polar surface area (TPSA) is 63.6 Å². The van der Waals surface area contributed by atoms with E-state index < -0.39 is 0 Å². The van der Waals surface area contributed by atoms with Crippen molar-refractivity contribution >= 4 is 23.0 Å². The quantitative estimate of drug-likeness (QED) is 0.600. The number of nitrogens with one attached hydrogen (secondary N) is 1. The van der Waals surface area contributed by atoms with Gasteiger partial charge in [0.2, 0.25) is 0 Å². The van der Waals surface area contributed by atoms with Gasteiger partial charge in [0, 0.05) is 18.0 Å². The smallest absolute Gasteiger partial charge is 0.150 e. The fourth-order valence-corrected chi connectivity index (χ4v) is 2.93. The van der Waals surface area contributed by atoms with Crippen molar-refractivity contribution in [3.05, 3.63) is 71.9 Å². The second-order valence-corrected chi connectivity index (χ2v) is 5.85. The summed E-state index contributed by atoms with van der Waals surface area (Å²) >= 11 is 1.67. The van der Waals surface area contributed by atoms with Crippen molar-refractivity contribution < 1.29 is 0 Å². The standard InChI is InChI=1S/C18H13N5S/c1-2-7-20-15(3-1)16-10-19-11-18(22-16)23-17-5-4-13(9-21-17)14-6-8-24-12-14/h1-12H,(H,21,22,23). The van der Waals surface area contributed by atoms with E-state index in [0.29, 0.717) is 5.82 Å². The van der Waals surface area contributed by atoms with Crippen LogP contribution in [0.4, 0.5) is 11.6 Å². The fraction of sp³-hybridized carbons (Fsp3) is 0. The number of hydrogen-bond acceptors (Lipinski definition) is 6. The van der Waals surface area contributed by atoms with Crippen molar-refractivity contribution in [2.24, 2.45) is 0 Å². The molecule has 0 saturated heterocycles. The molecular formula is C18H13N5S. The molecule has 1 N–H and O–H groups in total. The van der Waals surface area contributed by atoms with Crippen molar-refractivity contribution in [3.63, 3.8) is 0 Å². The SMILES string of the molecule is c1ccc(-c2cncc(Nc3ccc(-c4ccsc4)cn3)n2)nc1. The minimum Gasteiger partial charge on any atom is -0.324 e. The van der Waals surface area contributed by atoms with Gasteiger partial charge in [-0.05, 0) is 46.7 Å². The van der Waals surface area contributed by atoms with E-state index in [-0.39, 0.29) is 0 Å². The lowest BCUT2D eigenvalue weighted by Crippen LogP contribution is -1.98. The average Bonchev–Trinajstić information content (AvgIpc) is 3.18. The van der Waals surface area contributed by atoms with Gasteiger partial charge < -0.3 is 5.32 Å². The number of aromatic nitrogens is 4. The first kappa shape index (κ1) is 14.5. The Morgan fingerprint density at radius 3 is 2.54 bits per heavy atom. The first-order valence-electron chi connectivity index (χ1n) is 7.37. The summed E-state index contributed by atoms with van der Waals surface area (Å²) in [6.07, 6.45) is 6.95. The zero-order valence-electron chi connectivity index (χ0n) is 12.6. The van der Waals surface area contributed by atoms with E-state index in [2.05, 4.69) is 42.1 Å². The largest absolute Gasteiger partial charge is 0.324 e. The predicted octanol–water partition coefficient (Wildman–Crippen LogP) is 4.41. The maximum atomic E-state index is 4.54. The van der Waals surface area contributed by atoms with E-state index in [1.54, 1.807) is 29.9 Å². The third-order valence-corrected chi connectivity index (χ3v) is 4.12. The third-order valence-electron chi connectivity index (χ3n) is 3.44. The molecule has 0 fully saturated rings. The molecule has 6 heteroatoms. The van der Waals surface area contributed by atoms with Crippen LogP contribution in [0.3, 0.4) is 0 Å². The summed E-state index contributed by atoms with van der Waals surface area (Å²) in [5, 5.41) is 7.34. The molecule has 116 valence electrons. The van der Waals surface area contributed by atoms with E-state index in [0.717, 1.165) is 22.8 Å². The maximum Gasteiger partial charge on any atom is 0.150 e. The number of nitrogens with zero attached hydrogens (tertiary/aromatic N) is 4. The van der Waals surface area contributed by atoms with Gasteiger partial charge in [-0.25, -0.2) is 9.97 Å². The highest BCUT2D eigenvalue weighted by molar-refractivity contribution is 7.08. The van der Waals surface area contributed by atoms with E-state index in [1.807, 2.05) is 36.5 Å². The first-order valence-corrected chi connectivity index (χ1v) is 8.32. The average molecular weight is 331 g/mol. The summed E-state index contributed by atoms with van der Waals surface area (Å²) in [7, 11) is 0. The molecule has 0 atom stereocenters. The zero-order chi connectivity index (χ0) is 16.2. The molecule has 0 bridgehead atoms. The molecule has 0 saturated carbocycles. The fourth-order valence-electron chi connectivity index (χ4n) is 2.26. The summed E-state index contributed by atoms with van der Waals surface area (Å²) < 4.78 is 0. The van der Waals surface area contributed by atoms with Crippen LogP contribution in [0.15, 0.2) is 71.9 Å². The van der Waals surface area contributed by atoms with Gasteiger partial charge >= 0.3 is 0 Å². The highest BCUT2D eigenvalue weighted by atomic mass is 32.1. The lowest BCUT2D eigenvalue weighted by atomic mass is 10.1. The summed E-state index contributed by atoms with van der Waals surface area (Å²) in [4.78, 5) is 17.5. The van der Waals surface area contributed by atoms with E-state index in [9.17, 15) is 0 Å². The van der Waals surface area contributed by atoms with Crippen LogP contribution < -0.4 is 5.32 Å². The molecule has 0 spiro atoms. The van der Waals surface area contributed by atoms with Gasteiger partial charge in [0.1, 0.15) is 11.5 Å². The van der Waals surface area contributed by atoms with Crippen LogP contribution in [0.5, 0.6) is 0 Å². The monoisotopic (exact) mass is 331 g/mol. The van der Waals surface area contributed by atoms with Crippen LogP contribution >= 0.6 is 11.3 Å². The van der Waals surface area contributed by atoms with Crippen LogP contribution in [0.1, 0.15) is 0 Å². The predicted molar refractivity (Wildman–Crippen MR) is 96.1 cm³/mol. The Morgan fingerprint density at radius 1 is 0.792 bits per heavy atom. The number of pyridine rings is 2. The molecule has 0 unspecified atom stereocenters. The van der Waals surface area contributed by atoms with Crippen molar-refractivity contribution in [1.29, 1.82) is 0 Å². The minimum absolute atomic E-state index is 0.633. The molecule has 24 heavy (non-hydrogen) atoms. The minimum atomic E-state index is 0.633. The number of rotatable bonds is 4. The third kappa shape index (κ3) is 3.13. The summed E-state index contributed by atoms with van der Waals surface area (Å²) in [5.74, 6) is 1.36. The van der Waals surface area contributed by atoms with Crippen LogP contribution in [0, 0.1) is 0 Å². The Balaban J connectivity index is 1.55. The van der Waals surface area contributed by atoms with Crippen molar-refractivity contribution in [3.8, 4) is 22.5 Å². The Bertz CT molecular complexity index is 921.